The highest BCUT2D eigenvalue weighted by molar-refractivity contribution is 7.99. The van der Waals surface area contributed by atoms with Crippen molar-refractivity contribution < 1.29 is 13.2 Å². The topological polar surface area (TPSA) is 101 Å². The Morgan fingerprint density at radius 3 is 2.55 bits per heavy atom. The maximum absolute atomic E-state index is 13.0. The van der Waals surface area contributed by atoms with E-state index in [1.54, 1.807) is 18.4 Å². The zero-order chi connectivity index (χ0) is 23.8. The van der Waals surface area contributed by atoms with Gasteiger partial charge in [0.2, 0.25) is 15.9 Å². The Bertz CT molecular complexity index is 1470. The zero-order valence-electron chi connectivity index (χ0n) is 17.9. The highest BCUT2D eigenvalue weighted by Gasteiger charge is 2.18. The largest absolute Gasteiger partial charge is 0.325 e. The molecule has 172 valence electrons. The SMILES string of the molecule is CN(C)S(=O)(=O)c1ccc(NC(=O)CSc2nc3scc(-c4cccs4)c3c(=O)n2C)cc1. The highest BCUT2D eigenvalue weighted by atomic mass is 32.2. The standard InChI is InChI=1S/C21H20N4O4S4/c1-24(2)33(28,29)14-8-6-13(7-9-14)22-17(26)12-32-21-23-19-18(20(27)25(21)3)15(11-31-19)16-5-4-10-30-16/h4-11H,12H2,1-3H3,(H,22,26). The smallest absolute Gasteiger partial charge is 0.263 e. The number of aromatic nitrogens is 2. The molecule has 4 aromatic rings. The molecule has 3 aromatic heterocycles. The van der Waals surface area contributed by atoms with E-state index in [0.717, 1.165) is 14.7 Å². The molecule has 0 spiro atoms. The molecule has 0 saturated heterocycles. The first-order chi connectivity index (χ1) is 15.7. The monoisotopic (exact) mass is 520 g/mol. The molecule has 0 radical (unpaired) electrons. The van der Waals surface area contributed by atoms with Gasteiger partial charge in [-0.2, -0.15) is 0 Å². The van der Waals surface area contributed by atoms with E-state index >= 15 is 0 Å². The van der Waals surface area contributed by atoms with E-state index < -0.39 is 10.0 Å². The Balaban J connectivity index is 1.47. The second kappa shape index (κ2) is 9.39. The van der Waals surface area contributed by atoms with Crippen molar-refractivity contribution in [3.8, 4) is 10.4 Å². The lowest BCUT2D eigenvalue weighted by atomic mass is 10.2. The predicted octanol–water partition coefficient (Wildman–Crippen LogP) is 3.70. The number of thioether (sulfide) groups is 1. The van der Waals surface area contributed by atoms with Gasteiger partial charge in [0.25, 0.3) is 5.56 Å². The number of thiophene rings is 2. The first-order valence-electron chi connectivity index (χ1n) is 9.66. The summed E-state index contributed by atoms with van der Waals surface area (Å²) in [5.74, 6) is -0.241. The van der Waals surface area contributed by atoms with Crippen molar-refractivity contribution in [1.29, 1.82) is 0 Å². The summed E-state index contributed by atoms with van der Waals surface area (Å²) in [7, 11) is 1.03. The first kappa shape index (κ1) is 23.6. The molecule has 0 unspecified atom stereocenters. The van der Waals surface area contributed by atoms with E-state index in [4.69, 9.17) is 0 Å². The number of nitrogens with zero attached hydrogens (tertiary/aromatic N) is 3. The summed E-state index contributed by atoms with van der Waals surface area (Å²) >= 11 is 4.14. The summed E-state index contributed by atoms with van der Waals surface area (Å²) in [5.41, 5.74) is 1.21. The molecule has 0 bridgehead atoms. The van der Waals surface area contributed by atoms with Gasteiger partial charge in [-0.25, -0.2) is 17.7 Å². The molecule has 8 nitrogen and oxygen atoms in total. The van der Waals surface area contributed by atoms with E-state index in [2.05, 4.69) is 10.3 Å². The minimum Gasteiger partial charge on any atom is -0.325 e. The number of hydrogen-bond donors (Lipinski definition) is 1. The Labute approximate surface area is 202 Å². The van der Waals surface area contributed by atoms with Crippen LogP contribution in [-0.4, -0.2) is 48.0 Å². The molecule has 0 aliphatic carbocycles. The number of nitrogens with one attached hydrogen (secondary N) is 1. The summed E-state index contributed by atoms with van der Waals surface area (Å²) in [5, 5.41) is 7.68. The van der Waals surface area contributed by atoms with Crippen molar-refractivity contribution in [1.82, 2.24) is 13.9 Å². The number of hydrogen-bond acceptors (Lipinski definition) is 8. The summed E-state index contributed by atoms with van der Waals surface area (Å²) in [6.45, 7) is 0. The molecule has 1 aromatic carbocycles. The third-order valence-corrected chi connectivity index (χ3v) is 9.44. The van der Waals surface area contributed by atoms with Crippen molar-refractivity contribution in [2.45, 2.75) is 10.1 Å². The van der Waals surface area contributed by atoms with Crippen LogP contribution in [-0.2, 0) is 21.9 Å². The van der Waals surface area contributed by atoms with Crippen molar-refractivity contribution in [2.24, 2.45) is 7.05 Å². The van der Waals surface area contributed by atoms with Crippen molar-refractivity contribution in [3.63, 3.8) is 0 Å². The summed E-state index contributed by atoms with van der Waals surface area (Å²) in [6.07, 6.45) is 0. The molecule has 1 amide bonds. The third kappa shape index (κ3) is 4.75. The molecule has 0 aliphatic heterocycles. The van der Waals surface area contributed by atoms with Crippen LogP contribution >= 0.6 is 34.4 Å². The molecular weight excluding hydrogens is 501 g/mol. The van der Waals surface area contributed by atoms with Crippen LogP contribution in [0.4, 0.5) is 5.69 Å². The summed E-state index contributed by atoms with van der Waals surface area (Å²) < 4.78 is 26.9. The van der Waals surface area contributed by atoms with E-state index in [1.165, 1.54) is 66.0 Å². The lowest BCUT2D eigenvalue weighted by Crippen LogP contribution is -2.22. The molecule has 0 saturated carbocycles. The number of carbonyl (C=O) groups excluding carboxylic acids is 1. The van der Waals surface area contributed by atoms with Gasteiger partial charge in [-0.3, -0.25) is 14.2 Å². The predicted molar refractivity (Wildman–Crippen MR) is 135 cm³/mol. The first-order valence-corrected chi connectivity index (χ1v) is 13.8. The number of rotatable bonds is 7. The summed E-state index contributed by atoms with van der Waals surface area (Å²) in [6, 6.07) is 9.88. The number of carbonyl (C=O) groups is 1. The van der Waals surface area contributed by atoms with Crippen molar-refractivity contribution in [2.75, 3.05) is 25.2 Å². The quantitative estimate of drug-likeness (QED) is 0.295. The van der Waals surface area contributed by atoms with Crippen molar-refractivity contribution >= 4 is 66.3 Å². The third-order valence-electron chi connectivity index (χ3n) is 4.81. The molecule has 12 heteroatoms. The maximum atomic E-state index is 13.0. The van der Waals surface area contributed by atoms with Crippen LogP contribution in [0, 0.1) is 0 Å². The minimum atomic E-state index is -3.53. The van der Waals surface area contributed by atoms with Crippen LogP contribution in [0.5, 0.6) is 0 Å². The van der Waals surface area contributed by atoms with E-state index in [-0.39, 0.29) is 22.1 Å². The normalized spacial score (nSPS) is 11.9. The second-order valence-corrected chi connectivity index (χ2v) is 12.1. The summed E-state index contributed by atoms with van der Waals surface area (Å²) in [4.78, 5) is 31.8. The Hall–Kier alpha value is -2.51. The second-order valence-electron chi connectivity index (χ2n) is 7.21. The van der Waals surface area contributed by atoms with Gasteiger partial charge in [0, 0.05) is 42.7 Å². The van der Waals surface area contributed by atoms with Crippen molar-refractivity contribution in [3.05, 3.63) is 57.5 Å². The average molecular weight is 521 g/mol. The molecule has 3 heterocycles. The zero-order valence-corrected chi connectivity index (χ0v) is 21.2. The Kier molecular flexibility index (Phi) is 6.73. The molecule has 0 aliphatic rings. The molecule has 4 rings (SSSR count). The van der Waals surface area contributed by atoms with Gasteiger partial charge < -0.3 is 5.32 Å². The maximum Gasteiger partial charge on any atom is 0.263 e. The van der Waals surface area contributed by atoms with Gasteiger partial charge in [0.15, 0.2) is 5.16 Å². The van der Waals surface area contributed by atoms with Gasteiger partial charge in [0.05, 0.1) is 16.0 Å². The minimum absolute atomic E-state index is 0.0483. The Morgan fingerprint density at radius 2 is 1.91 bits per heavy atom. The van der Waals surface area contributed by atoms with Crippen LogP contribution in [0.3, 0.4) is 0 Å². The van der Waals surface area contributed by atoms with Gasteiger partial charge in [-0.1, -0.05) is 17.8 Å². The number of fused-ring (bicyclic) bond motifs is 1. The number of sulfonamides is 1. The number of benzene rings is 1. The fourth-order valence-electron chi connectivity index (χ4n) is 3.04. The fraction of sp³-hybridized carbons (Fsp3) is 0.190. The van der Waals surface area contributed by atoms with Crippen LogP contribution in [0.15, 0.2) is 62.0 Å². The van der Waals surface area contributed by atoms with E-state index in [9.17, 15) is 18.0 Å². The fourth-order valence-corrected chi connectivity index (χ4v) is 6.52. The lowest BCUT2D eigenvalue weighted by Gasteiger charge is -2.12. The molecule has 0 atom stereocenters. The molecule has 33 heavy (non-hydrogen) atoms. The molecular formula is C21H20N4O4S4. The average Bonchev–Trinajstić information content (AvgIpc) is 3.45. The lowest BCUT2D eigenvalue weighted by molar-refractivity contribution is -0.113. The van der Waals surface area contributed by atoms with Gasteiger partial charge in [-0.05, 0) is 35.7 Å². The van der Waals surface area contributed by atoms with Crippen LogP contribution < -0.4 is 10.9 Å². The Morgan fingerprint density at radius 1 is 1.18 bits per heavy atom. The molecule has 0 fully saturated rings. The van der Waals surface area contributed by atoms with Gasteiger partial charge in [-0.15, -0.1) is 22.7 Å². The highest BCUT2D eigenvalue weighted by Crippen LogP contribution is 2.34. The number of amides is 1. The van der Waals surface area contributed by atoms with Crippen LogP contribution in [0.1, 0.15) is 0 Å². The van der Waals surface area contributed by atoms with E-state index in [0.29, 0.717) is 21.1 Å². The van der Waals surface area contributed by atoms with Gasteiger partial charge >= 0.3 is 0 Å². The van der Waals surface area contributed by atoms with Gasteiger partial charge in [0.1, 0.15) is 4.83 Å². The number of anilines is 1. The van der Waals surface area contributed by atoms with E-state index in [1.807, 2.05) is 22.9 Å². The molecule has 1 N–H and O–H groups in total. The van der Waals surface area contributed by atoms with Crippen LogP contribution in [0.25, 0.3) is 20.7 Å². The van der Waals surface area contributed by atoms with Crippen LogP contribution in [0.2, 0.25) is 0 Å².